The van der Waals surface area contributed by atoms with Gasteiger partial charge in [0.05, 0.1) is 36.4 Å². The van der Waals surface area contributed by atoms with E-state index >= 15 is 4.39 Å². The fourth-order valence-corrected chi connectivity index (χ4v) is 4.35. The minimum atomic E-state index is -0.785. The fourth-order valence-electron chi connectivity index (χ4n) is 4.35. The molecule has 0 bridgehead atoms. The Morgan fingerprint density at radius 1 is 0.971 bits per heavy atom. The second-order valence-corrected chi connectivity index (χ2v) is 8.41. The highest BCUT2D eigenvalue weighted by molar-refractivity contribution is 6.38. The van der Waals surface area contributed by atoms with E-state index in [4.69, 9.17) is 9.47 Å². The highest BCUT2D eigenvalue weighted by atomic mass is 19.1. The molecule has 35 heavy (non-hydrogen) atoms. The molecule has 0 N–H and O–H groups in total. The number of anilines is 1. The lowest BCUT2D eigenvalue weighted by molar-refractivity contribution is -0.142. The Bertz CT molecular complexity index is 1390. The summed E-state index contributed by atoms with van der Waals surface area (Å²) in [6.07, 6.45) is 1.74. The van der Waals surface area contributed by atoms with Crippen LogP contribution in [0.1, 0.15) is 59.5 Å². The third kappa shape index (κ3) is 4.30. The topological polar surface area (TPSA) is 72.9 Å². The van der Waals surface area contributed by atoms with Crippen molar-refractivity contribution < 1.29 is 28.2 Å². The predicted molar refractivity (Wildman–Crippen MR) is 132 cm³/mol. The molecule has 3 aromatic carbocycles. The van der Waals surface area contributed by atoms with Crippen molar-refractivity contribution in [3.63, 3.8) is 0 Å². The maximum atomic E-state index is 15.2. The SMILES string of the molecule is CCOC(=O)Cc1ccc(N2C(=O)c3c(c(OCC)c4ccccc4c3C=C(C)C)C2=O)c(F)c1. The third-order valence-electron chi connectivity index (χ3n) is 5.67. The van der Waals surface area contributed by atoms with Crippen molar-refractivity contribution in [1.29, 1.82) is 0 Å². The molecule has 1 heterocycles. The van der Waals surface area contributed by atoms with Gasteiger partial charge >= 0.3 is 5.97 Å². The van der Waals surface area contributed by atoms with E-state index in [1.165, 1.54) is 12.1 Å². The quantitative estimate of drug-likeness (QED) is 0.323. The first-order valence-electron chi connectivity index (χ1n) is 11.5. The average Bonchev–Trinajstić information content (AvgIpc) is 3.06. The number of fused-ring (bicyclic) bond motifs is 2. The van der Waals surface area contributed by atoms with Gasteiger partial charge in [0.15, 0.2) is 0 Å². The summed E-state index contributed by atoms with van der Waals surface area (Å²) in [6, 6.07) is 11.4. The van der Waals surface area contributed by atoms with E-state index in [0.717, 1.165) is 21.9 Å². The molecule has 0 saturated heterocycles. The zero-order chi connectivity index (χ0) is 25.3. The van der Waals surface area contributed by atoms with Crippen molar-refractivity contribution in [2.45, 2.75) is 34.1 Å². The van der Waals surface area contributed by atoms with Gasteiger partial charge in [0.25, 0.3) is 11.8 Å². The van der Waals surface area contributed by atoms with Gasteiger partial charge in [-0.2, -0.15) is 0 Å². The number of halogens is 1. The van der Waals surface area contributed by atoms with Gasteiger partial charge in [-0.25, -0.2) is 9.29 Å². The maximum Gasteiger partial charge on any atom is 0.310 e. The standard InChI is InChI=1S/C28H26FNO5/c1-5-34-23(31)15-17-11-12-22(21(29)14-17)30-27(32)24-20(13-16(3)4)18-9-7-8-10-19(18)26(35-6-2)25(24)28(30)33/h7-14H,5-6,15H2,1-4H3. The number of hydrogen-bond donors (Lipinski definition) is 0. The maximum absolute atomic E-state index is 15.2. The number of amides is 2. The second kappa shape index (κ2) is 9.70. The molecule has 0 unspecified atom stereocenters. The number of carbonyl (C=O) groups excluding carboxylic acids is 3. The molecule has 0 fully saturated rings. The lowest BCUT2D eigenvalue weighted by atomic mass is 9.92. The van der Waals surface area contributed by atoms with E-state index in [0.29, 0.717) is 22.3 Å². The van der Waals surface area contributed by atoms with Gasteiger partial charge in [-0.05, 0) is 56.3 Å². The Morgan fingerprint density at radius 2 is 1.66 bits per heavy atom. The van der Waals surface area contributed by atoms with Gasteiger partial charge in [-0.15, -0.1) is 0 Å². The van der Waals surface area contributed by atoms with Crippen LogP contribution in [-0.4, -0.2) is 31.0 Å². The number of allylic oxidation sites excluding steroid dienone is 1. The monoisotopic (exact) mass is 475 g/mol. The molecule has 0 aliphatic carbocycles. The lowest BCUT2D eigenvalue weighted by Crippen LogP contribution is -2.30. The number of carbonyl (C=O) groups is 3. The van der Waals surface area contributed by atoms with E-state index in [1.54, 1.807) is 13.8 Å². The molecule has 0 spiro atoms. The summed E-state index contributed by atoms with van der Waals surface area (Å²) in [5.41, 5.74) is 2.05. The van der Waals surface area contributed by atoms with Crippen LogP contribution in [0, 0.1) is 5.82 Å². The van der Waals surface area contributed by atoms with Gasteiger partial charge in [-0.3, -0.25) is 14.4 Å². The van der Waals surface area contributed by atoms with Crippen molar-refractivity contribution in [1.82, 2.24) is 0 Å². The van der Waals surface area contributed by atoms with Crippen LogP contribution >= 0.6 is 0 Å². The Kier molecular flexibility index (Phi) is 6.69. The summed E-state index contributed by atoms with van der Waals surface area (Å²) >= 11 is 0. The normalized spacial score (nSPS) is 12.7. The molecular weight excluding hydrogens is 449 g/mol. The van der Waals surface area contributed by atoms with Crippen LogP contribution in [0.4, 0.5) is 10.1 Å². The van der Waals surface area contributed by atoms with Crippen LogP contribution in [0.15, 0.2) is 48.0 Å². The van der Waals surface area contributed by atoms with E-state index in [9.17, 15) is 14.4 Å². The first-order valence-corrected chi connectivity index (χ1v) is 11.5. The summed E-state index contributed by atoms with van der Waals surface area (Å²) in [7, 11) is 0. The zero-order valence-electron chi connectivity index (χ0n) is 20.1. The van der Waals surface area contributed by atoms with Crippen LogP contribution in [0.25, 0.3) is 16.8 Å². The molecule has 180 valence electrons. The predicted octanol–water partition coefficient (Wildman–Crippen LogP) is 5.71. The molecular formula is C28H26FNO5. The summed E-state index contributed by atoms with van der Waals surface area (Å²) in [4.78, 5) is 40.0. The van der Waals surface area contributed by atoms with Crippen molar-refractivity contribution in [3.8, 4) is 5.75 Å². The smallest absolute Gasteiger partial charge is 0.310 e. The number of imide groups is 1. The van der Waals surface area contributed by atoms with Crippen molar-refractivity contribution in [3.05, 3.63) is 76.1 Å². The summed E-state index contributed by atoms with van der Waals surface area (Å²) < 4.78 is 26.0. The Hall–Kier alpha value is -4.00. The van der Waals surface area contributed by atoms with Gasteiger partial charge in [-0.1, -0.05) is 42.0 Å². The van der Waals surface area contributed by atoms with Crippen molar-refractivity contribution in [2.75, 3.05) is 18.1 Å². The molecule has 1 aliphatic heterocycles. The largest absolute Gasteiger partial charge is 0.492 e. The molecule has 0 aromatic heterocycles. The molecule has 0 saturated carbocycles. The average molecular weight is 476 g/mol. The van der Waals surface area contributed by atoms with Crippen LogP contribution in [-0.2, 0) is 16.0 Å². The van der Waals surface area contributed by atoms with Gasteiger partial charge in [0.1, 0.15) is 11.6 Å². The van der Waals surface area contributed by atoms with Gasteiger partial charge in [0, 0.05) is 5.39 Å². The summed E-state index contributed by atoms with van der Waals surface area (Å²) in [6.45, 7) is 7.80. The molecule has 3 aromatic rings. The molecule has 0 atom stereocenters. The number of benzene rings is 3. The third-order valence-corrected chi connectivity index (χ3v) is 5.67. The number of nitrogens with zero attached hydrogens (tertiary/aromatic N) is 1. The highest BCUT2D eigenvalue weighted by Crippen LogP contribution is 2.43. The molecule has 0 radical (unpaired) electrons. The van der Waals surface area contributed by atoms with E-state index in [-0.39, 0.29) is 36.4 Å². The number of ether oxygens (including phenoxy) is 2. The lowest BCUT2D eigenvalue weighted by Gasteiger charge is -2.16. The molecule has 7 heteroatoms. The number of hydrogen-bond acceptors (Lipinski definition) is 5. The first kappa shape index (κ1) is 24.1. The Morgan fingerprint density at radius 3 is 2.29 bits per heavy atom. The van der Waals surface area contributed by atoms with Gasteiger partial charge in [0.2, 0.25) is 0 Å². The highest BCUT2D eigenvalue weighted by Gasteiger charge is 2.43. The molecule has 4 rings (SSSR count). The minimum absolute atomic E-state index is 0.113. The summed E-state index contributed by atoms with van der Waals surface area (Å²) in [5.74, 6) is -2.24. The summed E-state index contributed by atoms with van der Waals surface area (Å²) in [5, 5.41) is 1.47. The van der Waals surface area contributed by atoms with E-state index in [1.807, 2.05) is 44.2 Å². The fraction of sp³-hybridized carbons (Fsp3) is 0.250. The van der Waals surface area contributed by atoms with E-state index < -0.39 is 23.6 Å². The van der Waals surface area contributed by atoms with E-state index in [2.05, 4.69) is 0 Å². The van der Waals surface area contributed by atoms with Gasteiger partial charge < -0.3 is 9.47 Å². The minimum Gasteiger partial charge on any atom is -0.492 e. The van der Waals surface area contributed by atoms with Crippen molar-refractivity contribution in [2.24, 2.45) is 0 Å². The first-order chi connectivity index (χ1) is 16.8. The zero-order valence-corrected chi connectivity index (χ0v) is 20.1. The second-order valence-electron chi connectivity index (χ2n) is 8.41. The Labute approximate surface area is 202 Å². The van der Waals surface area contributed by atoms with Crippen LogP contribution in [0.3, 0.4) is 0 Å². The molecule has 1 aliphatic rings. The van der Waals surface area contributed by atoms with Crippen LogP contribution in [0.5, 0.6) is 5.75 Å². The van der Waals surface area contributed by atoms with Crippen LogP contribution < -0.4 is 9.64 Å². The molecule has 6 nitrogen and oxygen atoms in total. The van der Waals surface area contributed by atoms with Crippen molar-refractivity contribution >= 4 is 40.3 Å². The van der Waals surface area contributed by atoms with Crippen LogP contribution in [0.2, 0.25) is 0 Å². The number of rotatable bonds is 7. The number of esters is 1. The Balaban J connectivity index is 1.89. The molecule has 2 amide bonds.